The van der Waals surface area contributed by atoms with Crippen molar-refractivity contribution in [2.45, 2.75) is 20.3 Å². The Morgan fingerprint density at radius 3 is 2.76 bits per heavy atom. The molecule has 0 saturated heterocycles. The first kappa shape index (κ1) is 11.6. The zero-order valence-electron chi connectivity index (χ0n) is 10.3. The van der Waals surface area contributed by atoms with Crippen LogP contribution in [0.25, 0.3) is 10.9 Å². The van der Waals surface area contributed by atoms with Crippen LogP contribution in [0.1, 0.15) is 29.9 Å². The molecule has 0 unspecified atom stereocenters. The number of carboxylic acid groups (broad SMARTS) is 1. The largest absolute Gasteiger partial charge is 0.478 e. The molecule has 0 fully saturated rings. The number of fused-ring (bicyclic) bond motifs is 1. The summed E-state index contributed by atoms with van der Waals surface area (Å²) >= 11 is 0. The van der Waals surface area contributed by atoms with Gasteiger partial charge in [0.25, 0.3) is 0 Å². The van der Waals surface area contributed by atoms with Gasteiger partial charge < -0.3 is 5.11 Å². The van der Waals surface area contributed by atoms with Crippen LogP contribution in [0, 0.1) is 5.92 Å². The molecule has 0 aliphatic heterocycles. The van der Waals surface area contributed by atoms with Gasteiger partial charge in [-0.3, -0.25) is 4.68 Å². The van der Waals surface area contributed by atoms with Gasteiger partial charge in [-0.05, 0) is 24.5 Å². The van der Waals surface area contributed by atoms with E-state index in [4.69, 9.17) is 5.11 Å². The Morgan fingerprint density at radius 2 is 2.18 bits per heavy atom. The third kappa shape index (κ3) is 2.16. The van der Waals surface area contributed by atoms with E-state index < -0.39 is 5.97 Å². The van der Waals surface area contributed by atoms with Crippen molar-refractivity contribution in [3.8, 4) is 0 Å². The van der Waals surface area contributed by atoms with Crippen molar-refractivity contribution in [1.29, 1.82) is 0 Å². The number of aromatic nitrogens is 2. The van der Waals surface area contributed by atoms with Crippen molar-refractivity contribution in [3.63, 3.8) is 0 Å². The highest BCUT2D eigenvalue weighted by Gasteiger charge is 2.12. The molecule has 0 amide bonds. The fourth-order valence-corrected chi connectivity index (χ4v) is 2.00. The predicted octanol–water partition coefficient (Wildman–Crippen LogP) is 2.47. The number of nitrogens with zero attached hydrogens (tertiary/aromatic N) is 2. The summed E-state index contributed by atoms with van der Waals surface area (Å²) in [6, 6.07) is 5.16. The summed E-state index contributed by atoms with van der Waals surface area (Å²) in [6.45, 7) is 4.29. The van der Waals surface area contributed by atoms with Gasteiger partial charge in [-0.1, -0.05) is 19.9 Å². The van der Waals surface area contributed by atoms with E-state index >= 15 is 0 Å². The highest BCUT2D eigenvalue weighted by Crippen LogP contribution is 2.21. The fraction of sp³-hybridized carbons (Fsp3) is 0.385. The lowest BCUT2D eigenvalue weighted by atomic mass is 10.0. The topological polar surface area (TPSA) is 55.1 Å². The van der Waals surface area contributed by atoms with Gasteiger partial charge in [0.2, 0.25) is 0 Å². The van der Waals surface area contributed by atoms with Crippen LogP contribution in [-0.2, 0) is 13.5 Å². The molecular weight excluding hydrogens is 216 g/mol. The Kier molecular flexibility index (Phi) is 2.88. The maximum Gasteiger partial charge on any atom is 0.335 e. The van der Waals surface area contributed by atoms with Crippen LogP contribution in [0.3, 0.4) is 0 Å². The van der Waals surface area contributed by atoms with Crippen LogP contribution >= 0.6 is 0 Å². The average molecular weight is 232 g/mol. The normalized spacial score (nSPS) is 11.3. The summed E-state index contributed by atoms with van der Waals surface area (Å²) in [6.07, 6.45) is 0.907. The van der Waals surface area contributed by atoms with Crippen LogP contribution in [0.5, 0.6) is 0 Å². The van der Waals surface area contributed by atoms with Gasteiger partial charge in [0.15, 0.2) is 0 Å². The Hall–Kier alpha value is -1.84. The molecular formula is C13H16N2O2. The standard InChI is InChI=1S/C13H16N2O2/c1-8(2)6-11-10-5-4-9(13(16)17)7-12(10)15(3)14-11/h4-5,7-8H,6H2,1-3H3,(H,16,17). The summed E-state index contributed by atoms with van der Waals surface area (Å²) in [7, 11) is 1.85. The number of benzene rings is 1. The Bertz CT molecular complexity index is 570. The Balaban J connectivity index is 2.57. The second-order valence-corrected chi connectivity index (χ2v) is 4.71. The van der Waals surface area contributed by atoms with Crippen molar-refractivity contribution in [3.05, 3.63) is 29.5 Å². The minimum atomic E-state index is -0.904. The number of hydrogen-bond acceptors (Lipinski definition) is 2. The number of carbonyl (C=O) groups is 1. The zero-order valence-corrected chi connectivity index (χ0v) is 10.3. The highest BCUT2D eigenvalue weighted by molar-refractivity contribution is 5.94. The van der Waals surface area contributed by atoms with E-state index in [0.29, 0.717) is 11.5 Å². The maximum atomic E-state index is 10.9. The van der Waals surface area contributed by atoms with Crippen molar-refractivity contribution < 1.29 is 9.90 Å². The molecule has 0 radical (unpaired) electrons. The van der Waals surface area contributed by atoms with Crippen molar-refractivity contribution >= 4 is 16.9 Å². The number of aromatic carboxylic acids is 1. The van der Waals surface area contributed by atoms with Crippen molar-refractivity contribution in [2.75, 3.05) is 0 Å². The van der Waals surface area contributed by atoms with Gasteiger partial charge in [0, 0.05) is 12.4 Å². The first-order valence-corrected chi connectivity index (χ1v) is 5.68. The summed E-state index contributed by atoms with van der Waals surface area (Å²) < 4.78 is 1.75. The molecule has 90 valence electrons. The third-order valence-electron chi connectivity index (χ3n) is 2.78. The lowest BCUT2D eigenvalue weighted by Gasteiger charge is -2.01. The molecule has 1 aromatic heterocycles. The molecule has 0 aliphatic carbocycles. The van der Waals surface area contributed by atoms with E-state index in [2.05, 4.69) is 18.9 Å². The minimum Gasteiger partial charge on any atom is -0.478 e. The SMILES string of the molecule is CC(C)Cc1nn(C)c2cc(C(=O)O)ccc12. The molecule has 0 bridgehead atoms. The van der Waals surface area contributed by atoms with Gasteiger partial charge in [0.1, 0.15) is 0 Å². The van der Waals surface area contributed by atoms with Crippen LogP contribution in [-0.4, -0.2) is 20.9 Å². The Morgan fingerprint density at radius 1 is 1.47 bits per heavy atom. The second kappa shape index (κ2) is 4.20. The molecule has 0 spiro atoms. The first-order valence-electron chi connectivity index (χ1n) is 5.68. The maximum absolute atomic E-state index is 10.9. The molecule has 0 atom stereocenters. The lowest BCUT2D eigenvalue weighted by Crippen LogP contribution is -1.97. The molecule has 2 rings (SSSR count). The molecule has 1 aromatic carbocycles. The lowest BCUT2D eigenvalue weighted by molar-refractivity contribution is 0.0697. The van der Waals surface area contributed by atoms with E-state index in [9.17, 15) is 4.79 Å². The van der Waals surface area contributed by atoms with Crippen LogP contribution < -0.4 is 0 Å². The minimum absolute atomic E-state index is 0.302. The van der Waals surface area contributed by atoms with E-state index in [-0.39, 0.29) is 0 Å². The van der Waals surface area contributed by atoms with E-state index in [0.717, 1.165) is 23.0 Å². The molecule has 1 N–H and O–H groups in total. The molecule has 4 nitrogen and oxygen atoms in total. The molecule has 2 aromatic rings. The summed E-state index contributed by atoms with van der Waals surface area (Å²) in [4.78, 5) is 10.9. The predicted molar refractivity (Wildman–Crippen MR) is 66.2 cm³/mol. The van der Waals surface area contributed by atoms with Crippen molar-refractivity contribution in [1.82, 2.24) is 9.78 Å². The molecule has 1 heterocycles. The Labute approximate surface area is 99.9 Å². The monoisotopic (exact) mass is 232 g/mol. The second-order valence-electron chi connectivity index (χ2n) is 4.71. The summed E-state index contributed by atoms with van der Waals surface area (Å²) in [5, 5.41) is 14.5. The molecule has 4 heteroatoms. The van der Waals surface area contributed by atoms with Gasteiger partial charge in [-0.25, -0.2) is 4.79 Å². The quantitative estimate of drug-likeness (QED) is 0.884. The fourth-order valence-electron chi connectivity index (χ4n) is 2.00. The summed E-state index contributed by atoms with van der Waals surface area (Å²) in [5.74, 6) is -0.370. The van der Waals surface area contributed by atoms with Gasteiger partial charge in [-0.2, -0.15) is 5.10 Å². The average Bonchev–Trinajstić information content (AvgIpc) is 2.54. The van der Waals surface area contributed by atoms with Gasteiger partial charge in [0.05, 0.1) is 16.8 Å². The number of aryl methyl sites for hydroxylation is 1. The number of carboxylic acids is 1. The van der Waals surface area contributed by atoms with E-state index in [1.807, 2.05) is 13.1 Å². The highest BCUT2D eigenvalue weighted by atomic mass is 16.4. The number of rotatable bonds is 3. The van der Waals surface area contributed by atoms with Crippen LogP contribution in [0.15, 0.2) is 18.2 Å². The van der Waals surface area contributed by atoms with E-state index in [1.165, 1.54) is 0 Å². The van der Waals surface area contributed by atoms with Crippen LogP contribution in [0.4, 0.5) is 0 Å². The van der Waals surface area contributed by atoms with Gasteiger partial charge >= 0.3 is 5.97 Å². The zero-order chi connectivity index (χ0) is 12.6. The smallest absolute Gasteiger partial charge is 0.335 e. The third-order valence-corrected chi connectivity index (χ3v) is 2.78. The molecule has 0 saturated carbocycles. The van der Waals surface area contributed by atoms with Gasteiger partial charge in [-0.15, -0.1) is 0 Å². The number of hydrogen-bond donors (Lipinski definition) is 1. The summed E-state index contributed by atoms with van der Waals surface area (Å²) in [5.41, 5.74) is 2.21. The molecule has 0 aliphatic rings. The van der Waals surface area contributed by atoms with E-state index in [1.54, 1.807) is 16.8 Å². The first-order chi connectivity index (χ1) is 7.99. The van der Waals surface area contributed by atoms with Crippen molar-refractivity contribution in [2.24, 2.45) is 13.0 Å². The molecule has 17 heavy (non-hydrogen) atoms. The van der Waals surface area contributed by atoms with Crippen LogP contribution in [0.2, 0.25) is 0 Å².